The Bertz CT molecular complexity index is 1210. The Labute approximate surface area is 216 Å². The minimum absolute atomic E-state index is 0.0109. The maximum atomic E-state index is 13.3. The topological polar surface area (TPSA) is 123 Å². The van der Waals surface area contributed by atoms with E-state index in [1.165, 1.54) is 49.6 Å². The molecule has 2 fully saturated rings. The van der Waals surface area contributed by atoms with Gasteiger partial charge < -0.3 is 20.1 Å². The number of rotatable bonds is 10. The monoisotopic (exact) mass is 533 g/mol. The fourth-order valence-electron chi connectivity index (χ4n) is 4.40. The van der Waals surface area contributed by atoms with Gasteiger partial charge in [-0.25, -0.2) is 17.5 Å². The Morgan fingerprint density at radius 2 is 1.78 bits per heavy atom. The normalized spacial score (nSPS) is 17.5. The third-order valence-electron chi connectivity index (χ3n) is 6.79. The number of ether oxygens (including phenoxy) is 2. The molecule has 9 nitrogen and oxygen atoms in total. The van der Waals surface area contributed by atoms with Crippen molar-refractivity contribution in [3.05, 3.63) is 53.8 Å². The fourth-order valence-corrected chi connectivity index (χ4v) is 5.85. The van der Waals surface area contributed by atoms with Gasteiger partial charge in [-0.15, -0.1) is 0 Å². The number of sulfonamides is 1. The molecule has 1 aliphatic heterocycles. The van der Waals surface area contributed by atoms with Crippen molar-refractivity contribution in [2.24, 2.45) is 5.92 Å². The zero-order valence-corrected chi connectivity index (χ0v) is 21.5. The van der Waals surface area contributed by atoms with Gasteiger partial charge in [0.1, 0.15) is 22.5 Å². The Morgan fingerprint density at radius 1 is 1.08 bits per heavy atom. The van der Waals surface area contributed by atoms with Crippen molar-refractivity contribution in [1.82, 2.24) is 10.0 Å². The Kier molecular flexibility index (Phi) is 8.78. The number of hydrogen-bond donors (Lipinski definition) is 3. The third kappa shape index (κ3) is 7.06. The summed E-state index contributed by atoms with van der Waals surface area (Å²) in [4.78, 5) is 26.1. The van der Waals surface area contributed by atoms with Crippen molar-refractivity contribution in [3.63, 3.8) is 0 Å². The van der Waals surface area contributed by atoms with Crippen molar-refractivity contribution >= 4 is 27.5 Å². The van der Waals surface area contributed by atoms with Gasteiger partial charge in [-0.05, 0) is 74.4 Å². The number of hydrogen-bond acceptors (Lipinski definition) is 6. The lowest BCUT2D eigenvalue weighted by Gasteiger charge is -2.27. The number of halogens is 1. The first-order valence-electron chi connectivity index (χ1n) is 12.4. The first-order valence-corrected chi connectivity index (χ1v) is 13.9. The van der Waals surface area contributed by atoms with Crippen LogP contribution >= 0.6 is 0 Å². The predicted molar refractivity (Wildman–Crippen MR) is 135 cm³/mol. The molecule has 0 bridgehead atoms. The van der Waals surface area contributed by atoms with Crippen LogP contribution in [0.4, 0.5) is 10.1 Å². The standard InChI is InChI=1S/C26H32FN3O6S/c1-35-23-16-21(9-10-24(23)37(33,34)30-20-3-2-4-20)28-26(32)22(15-17-11-13-36-14-12-17)29-25(31)18-5-7-19(27)8-6-18/h5-10,16-17,20,22,30H,2-4,11-15H2,1H3,(H,28,32)(H,29,31)/t22-/m0/s1. The molecule has 2 aromatic carbocycles. The molecule has 11 heteroatoms. The van der Waals surface area contributed by atoms with Crippen LogP contribution in [-0.4, -0.2) is 52.6 Å². The maximum absolute atomic E-state index is 13.3. The Morgan fingerprint density at radius 3 is 2.41 bits per heavy atom. The molecule has 3 N–H and O–H groups in total. The lowest BCUT2D eigenvalue weighted by molar-refractivity contribution is -0.118. The molecule has 1 aliphatic carbocycles. The van der Waals surface area contributed by atoms with Crippen LogP contribution in [0, 0.1) is 11.7 Å². The second-order valence-electron chi connectivity index (χ2n) is 9.43. The number of carbonyl (C=O) groups is 2. The highest BCUT2D eigenvalue weighted by Gasteiger charge is 2.29. The van der Waals surface area contributed by atoms with Crippen LogP contribution in [0.15, 0.2) is 47.4 Å². The largest absolute Gasteiger partial charge is 0.495 e. The van der Waals surface area contributed by atoms with E-state index >= 15 is 0 Å². The summed E-state index contributed by atoms with van der Waals surface area (Å²) in [6.45, 7) is 1.18. The van der Waals surface area contributed by atoms with E-state index in [0.29, 0.717) is 25.3 Å². The highest BCUT2D eigenvalue weighted by Crippen LogP contribution is 2.30. The molecule has 200 valence electrons. The van der Waals surface area contributed by atoms with Crippen molar-refractivity contribution in [3.8, 4) is 5.75 Å². The highest BCUT2D eigenvalue weighted by atomic mass is 32.2. The fraction of sp³-hybridized carbons (Fsp3) is 0.462. The summed E-state index contributed by atoms with van der Waals surface area (Å²) >= 11 is 0. The van der Waals surface area contributed by atoms with Gasteiger partial charge >= 0.3 is 0 Å². The third-order valence-corrected chi connectivity index (χ3v) is 8.35. The van der Waals surface area contributed by atoms with Crippen molar-refractivity contribution < 1.29 is 31.9 Å². The van der Waals surface area contributed by atoms with Crippen LogP contribution in [0.1, 0.15) is 48.9 Å². The molecule has 2 aliphatic rings. The number of carbonyl (C=O) groups excluding carboxylic acids is 2. The van der Waals surface area contributed by atoms with E-state index in [1.54, 1.807) is 0 Å². The van der Waals surface area contributed by atoms with E-state index in [-0.39, 0.29) is 28.2 Å². The van der Waals surface area contributed by atoms with Crippen LogP contribution < -0.4 is 20.1 Å². The van der Waals surface area contributed by atoms with E-state index in [0.717, 1.165) is 32.1 Å². The molecular weight excluding hydrogens is 501 g/mol. The zero-order valence-electron chi connectivity index (χ0n) is 20.7. The van der Waals surface area contributed by atoms with Crippen LogP contribution in [0.2, 0.25) is 0 Å². The lowest BCUT2D eigenvalue weighted by atomic mass is 9.92. The highest BCUT2D eigenvalue weighted by molar-refractivity contribution is 7.89. The molecule has 0 radical (unpaired) electrons. The molecule has 1 saturated heterocycles. The van der Waals surface area contributed by atoms with Crippen molar-refractivity contribution in [2.75, 3.05) is 25.6 Å². The molecule has 1 atom stereocenters. The first-order chi connectivity index (χ1) is 17.7. The maximum Gasteiger partial charge on any atom is 0.251 e. The van der Waals surface area contributed by atoms with E-state index < -0.39 is 33.7 Å². The lowest BCUT2D eigenvalue weighted by Crippen LogP contribution is -2.45. The molecule has 1 heterocycles. The molecule has 2 aromatic rings. The van der Waals surface area contributed by atoms with Gasteiger partial charge in [0.15, 0.2) is 0 Å². The average Bonchev–Trinajstić information content (AvgIpc) is 2.86. The van der Waals surface area contributed by atoms with Gasteiger partial charge in [0.25, 0.3) is 5.91 Å². The van der Waals surface area contributed by atoms with Gasteiger partial charge in [-0.2, -0.15) is 0 Å². The smallest absolute Gasteiger partial charge is 0.251 e. The second-order valence-corrected chi connectivity index (χ2v) is 11.1. The summed E-state index contributed by atoms with van der Waals surface area (Å²) in [5.41, 5.74) is 0.568. The number of methoxy groups -OCH3 is 1. The summed E-state index contributed by atoms with van der Waals surface area (Å²) < 4.78 is 52.3. The molecule has 0 unspecified atom stereocenters. The van der Waals surface area contributed by atoms with Gasteiger partial charge in [0, 0.05) is 36.6 Å². The Balaban J connectivity index is 1.50. The van der Waals surface area contributed by atoms with E-state index in [2.05, 4.69) is 15.4 Å². The summed E-state index contributed by atoms with van der Waals surface area (Å²) in [7, 11) is -2.42. The Hall–Kier alpha value is -3.02. The summed E-state index contributed by atoms with van der Waals surface area (Å²) in [6, 6.07) is 8.46. The van der Waals surface area contributed by atoms with Crippen molar-refractivity contribution in [2.45, 2.75) is 55.5 Å². The summed E-state index contributed by atoms with van der Waals surface area (Å²) in [5.74, 6) is -1.13. The van der Waals surface area contributed by atoms with Crippen molar-refractivity contribution in [1.29, 1.82) is 0 Å². The molecular formula is C26H32FN3O6S. The number of nitrogens with one attached hydrogen (secondary N) is 3. The molecule has 2 amide bonds. The number of amides is 2. The predicted octanol–water partition coefficient (Wildman–Crippen LogP) is 3.22. The molecule has 0 spiro atoms. The van der Waals surface area contributed by atoms with Crippen LogP contribution in [0.25, 0.3) is 0 Å². The SMILES string of the molecule is COc1cc(NC(=O)[C@H](CC2CCOCC2)NC(=O)c2ccc(F)cc2)ccc1S(=O)(=O)NC1CCC1. The molecule has 4 rings (SSSR count). The number of benzene rings is 2. The molecule has 37 heavy (non-hydrogen) atoms. The first kappa shape index (κ1) is 27.0. The van der Waals surface area contributed by atoms with E-state index in [1.807, 2.05) is 0 Å². The quantitative estimate of drug-likeness (QED) is 0.431. The van der Waals surface area contributed by atoms with Gasteiger partial charge in [-0.3, -0.25) is 9.59 Å². The summed E-state index contributed by atoms with van der Waals surface area (Å²) in [5, 5.41) is 5.54. The minimum atomic E-state index is -3.78. The van der Waals surface area contributed by atoms with Crippen LogP contribution in [0.5, 0.6) is 5.75 Å². The second kappa shape index (κ2) is 12.0. The van der Waals surface area contributed by atoms with Gasteiger partial charge in [0.05, 0.1) is 7.11 Å². The van der Waals surface area contributed by atoms with E-state index in [4.69, 9.17) is 9.47 Å². The van der Waals surface area contributed by atoms with Crippen LogP contribution in [0.3, 0.4) is 0 Å². The van der Waals surface area contributed by atoms with Gasteiger partial charge in [-0.1, -0.05) is 6.42 Å². The molecule has 0 aromatic heterocycles. The summed E-state index contributed by atoms with van der Waals surface area (Å²) in [6.07, 6.45) is 4.52. The van der Waals surface area contributed by atoms with Crippen LogP contribution in [-0.2, 0) is 19.6 Å². The minimum Gasteiger partial charge on any atom is -0.495 e. The zero-order chi connectivity index (χ0) is 26.4. The molecule has 1 saturated carbocycles. The number of anilines is 1. The van der Waals surface area contributed by atoms with Gasteiger partial charge in [0.2, 0.25) is 15.9 Å². The van der Waals surface area contributed by atoms with E-state index in [9.17, 15) is 22.4 Å². The average molecular weight is 534 g/mol.